The maximum absolute atomic E-state index is 13.9. The van der Waals surface area contributed by atoms with Gasteiger partial charge in [0.05, 0.1) is 22.1 Å². The number of amides is 2. The van der Waals surface area contributed by atoms with Gasteiger partial charge in [0.1, 0.15) is 11.4 Å². The van der Waals surface area contributed by atoms with E-state index in [1.807, 2.05) is 49.1 Å². The number of hydrogen-bond acceptors (Lipinski definition) is 9. The highest BCUT2D eigenvalue weighted by molar-refractivity contribution is 5.83. The normalized spacial score (nSPS) is 18.2. The molecule has 0 atom stereocenters. The Morgan fingerprint density at radius 1 is 0.541 bits per heavy atom. The molecule has 8 aromatic rings. The Hall–Kier alpha value is -7.03. The van der Waals surface area contributed by atoms with Crippen molar-refractivity contribution >= 4 is 33.9 Å². The quantitative estimate of drug-likeness (QED) is 0.118. The van der Waals surface area contributed by atoms with Gasteiger partial charge in [0.15, 0.2) is 11.6 Å². The van der Waals surface area contributed by atoms with Crippen LogP contribution < -0.4 is 0 Å². The van der Waals surface area contributed by atoms with E-state index in [0.717, 1.165) is 173 Å². The van der Waals surface area contributed by atoms with Gasteiger partial charge in [0.2, 0.25) is 11.8 Å². The third kappa shape index (κ3) is 10.1. The first-order valence-electron chi connectivity index (χ1n) is 27.1. The molecule has 2 aromatic carbocycles. The van der Waals surface area contributed by atoms with Crippen molar-refractivity contribution in [3.05, 3.63) is 150 Å². The first-order chi connectivity index (χ1) is 36.3. The third-order valence-corrected chi connectivity index (χ3v) is 16.5. The highest BCUT2D eigenvalue weighted by Gasteiger charge is 2.35. The minimum absolute atomic E-state index is 0.0878. The standard InChI is InChI=1S/C60H68N12O2/c1-42-8-12-55-53(34-42)64-58(71(55)49-19-30-69(31-20-49)60(74)48-17-28-68(29-18-48)41-46-14-25-66(2)39-46)52-11-9-44(38-63-52)35-43-10-13-56-54(36-43)65-57(51-7-3-4-24-62-51)72(56)50-21-32-70(33-22-50)59(73)47-15-26-67(27-16-47)40-45-6-5-23-61-37-45/h3-14,23-25,34,36-39,47-50H,15-22,26-33,35,40-41H2,1-2H3. The molecule has 0 bridgehead atoms. The van der Waals surface area contributed by atoms with Crippen LogP contribution >= 0.6 is 0 Å². The Morgan fingerprint density at radius 2 is 1.14 bits per heavy atom. The molecule has 4 aliphatic rings. The van der Waals surface area contributed by atoms with Crippen LogP contribution in [0.1, 0.15) is 91.3 Å². The number of likely N-dealkylation sites (tertiary alicyclic amines) is 4. The van der Waals surface area contributed by atoms with Crippen LogP contribution in [0.5, 0.6) is 0 Å². The predicted octanol–water partition coefficient (Wildman–Crippen LogP) is 9.29. The number of carbonyl (C=O) groups excluding carboxylic acids is 2. The van der Waals surface area contributed by atoms with Crippen molar-refractivity contribution in [1.29, 1.82) is 0 Å². The summed E-state index contributed by atoms with van der Waals surface area (Å²) in [4.78, 5) is 61.6. The summed E-state index contributed by atoms with van der Waals surface area (Å²) in [6.45, 7) is 10.8. The molecule has 4 saturated heterocycles. The number of aryl methyl sites for hydroxylation is 2. The summed E-state index contributed by atoms with van der Waals surface area (Å²) in [6.07, 6.45) is 19.8. The van der Waals surface area contributed by atoms with E-state index in [2.05, 4.69) is 125 Å². The minimum atomic E-state index is 0.0878. The predicted molar refractivity (Wildman–Crippen MR) is 289 cm³/mol. The van der Waals surface area contributed by atoms with Crippen LogP contribution in [-0.2, 0) is 36.1 Å². The Balaban J connectivity index is 0.706. The Labute approximate surface area is 434 Å². The summed E-state index contributed by atoms with van der Waals surface area (Å²) in [6, 6.07) is 30.3. The second kappa shape index (κ2) is 21.1. The van der Waals surface area contributed by atoms with E-state index >= 15 is 0 Å². The van der Waals surface area contributed by atoms with Crippen LogP contribution in [0.15, 0.2) is 122 Å². The first kappa shape index (κ1) is 47.9. The fourth-order valence-corrected chi connectivity index (χ4v) is 12.5. The van der Waals surface area contributed by atoms with Crippen LogP contribution in [0.25, 0.3) is 45.1 Å². The van der Waals surface area contributed by atoms with Crippen molar-refractivity contribution in [2.45, 2.75) is 89.9 Å². The topological polar surface area (TPSA) is 126 Å². The maximum Gasteiger partial charge on any atom is 0.225 e. The zero-order chi connectivity index (χ0) is 50.1. The van der Waals surface area contributed by atoms with E-state index < -0.39 is 0 Å². The number of hydrogen-bond donors (Lipinski definition) is 0. The van der Waals surface area contributed by atoms with Gasteiger partial charge in [-0.1, -0.05) is 30.3 Å². The molecule has 14 heteroatoms. The van der Waals surface area contributed by atoms with E-state index in [1.165, 1.54) is 16.7 Å². The second-order valence-corrected chi connectivity index (χ2v) is 21.6. The number of carbonyl (C=O) groups is 2. The molecule has 0 unspecified atom stereocenters. The van der Waals surface area contributed by atoms with Crippen molar-refractivity contribution in [2.75, 3.05) is 52.4 Å². The Bertz CT molecular complexity index is 3220. The van der Waals surface area contributed by atoms with Crippen molar-refractivity contribution in [2.24, 2.45) is 18.9 Å². The number of nitrogens with zero attached hydrogens (tertiary/aromatic N) is 12. The van der Waals surface area contributed by atoms with Gasteiger partial charge < -0.3 is 23.5 Å². The molecule has 0 saturated carbocycles. The third-order valence-electron chi connectivity index (χ3n) is 16.5. The van der Waals surface area contributed by atoms with Gasteiger partial charge in [0.25, 0.3) is 0 Å². The van der Waals surface area contributed by atoms with Gasteiger partial charge in [-0.05, 0) is 173 Å². The molecule has 4 fully saturated rings. The van der Waals surface area contributed by atoms with Crippen LogP contribution in [-0.4, -0.2) is 122 Å². The molecule has 4 aliphatic heterocycles. The summed E-state index contributed by atoms with van der Waals surface area (Å²) in [5, 5.41) is 0. The van der Waals surface area contributed by atoms with E-state index in [9.17, 15) is 9.59 Å². The molecule has 10 heterocycles. The van der Waals surface area contributed by atoms with E-state index in [0.29, 0.717) is 18.2 Å². The lowest BCUT2D eigenvalue weighted by atomic mass is 9.93. The first-order valence-corrected chi connectivity index (χ1v) is 27.1. The number of rotatable bonds is 12. The maximum atomic E-state index is 13.9. The molecule has 0 spiro atoms. The molecule has 14 nitrogen and oxygen atoms in total. The van der Waals surface area contributed by atoms with E-state index in [-0.39, 0.29) is 23.9 Å². The van der Waals surface area contributed by atoms with Gasteiger partial charge in [-0.15, -0.1) is 0 Å². The summed E-state index contributed by atoms with van der Waals surface area (Å²) in [5.41, 5.74) is 11.9. The highest BCUT2D eigenvalue weighted by Crippen LogP contribution is 2.37. The van der Waals surface area contributed by atoms with Crippen LogP contribution in [0.4, 0.5) is 0 Å². The fraction of sp³-hybridized carbons (Fsp3) is 0.417. The molecular formula is C60H68N12O2. The van der Waals surface area contributed by atoms with Crippen molar-refractivity contribution in [1.82, 2.24) is 58.2 Å². The fourth-order valence-electron chi connectivity index (χ4n) is 12.5. The molecule has 12 rings (SSSR count). The summed E-state index contributed by atoms with van der Waals surface area (Å²) >= 11 is 0. The number of fused-ring (bicyclic) bond motifs is 2. The van der Waals surface area contributed by atoms with E-state index in [4.69, 9.17) is 19.9 Å². The molecule has 6 aromatic heterocycles. The van der Waals surface area contributed by atoms with Gasteiger partial charge in [-0.2, -0.15) is 0 Å². The highest BCUT2D eigenvalue weighted by atomic mass is 16.2. The van der Waals surface area contributed by atoms with Crippen LogP contribution in [0, 0.1) is 18.8 Å². The molecule has 2 amide bonds. The number of aromatic nitrogens is 8. The number of imidazole rings is 2. The number of pyridine rings is 3. The Kier molecular flexibility index (Phi) is 13.6. The SMILES string of the molecule is Cc1ccc2c(c1)nc(-c1ccc(Cc3ccc4c(c3)nc(-c3ccccn3)n4C3CCN(C(=O)C4CCN(Cc5cccnc5)CC4)CC3)cn1)n2C1CCN(C(=O)C2CCN(Cc3ccn(C)c3)CC2)CC1. The molecule has 74 heavy (non-hydrogen) atoms. The Morgan fingerprint density at radius 3 is 1.69 bits per heavy atom. The van der Waals surface area contributed by atoms with Crippen molar-refractivity contribution < 1.29 is 9.59 Å². The summed E-state index contributed by atoms with van der Waals surface area (Å²) in [7, 11) is 2.07. The second-order valence-electron chi connectivity index (χ2n) is 21.6. The van der Waals surface area contributed by atoms with Gasteiger partial charge in [0, 0.05) is 107 Å². The number of piperidine rings is 4. The lowest BCUT2D eigenvalue weighted by Crippen LogP contribution is -2.45. The average molecular weight is 989 g/mol. The largest absolute Gasteiger partial charge is 0.357 e. The van der Waals surface area contributed by atoms with Crippen LogP contribution in [0.3, 0.4) is 0 Å². The number of benzene rings is 2. The zero-order valence-electron chi connectivity index (χ0n) is 43.0. The molecular weight excluding hydrogens is 921 g/mol. The zero-order valence-corrected chi connectivity index (χ0v) is 43.0. The smallest absolute Gasteiger partial charge is 0.225 e. The summed E-state index contributed by atoms with van der Waals surface area (Å²) in [5.74, 6) is 2.60. The van der Waals surface area contributed by atoms with Crippen molar-refractivity contribution in [3.63, 3.8) is 0 Å². The average Bonchev–Trinajstić information content (AvgIpc) is 4.16. The molecule has 0 radical (unpaired) electrons. The van der Waals surface area contributed by atoms with Crippen molar-refractivity contribution in [3.8, 4) is 23.0 Å². The summed E-state index contributed by atoms with van der Waals surface area (Å²) < 4.78 is 6.90. The monoisotopic (exact) mass is 989 g/mol. The minimum Gasteiger partial charge on any atom is -0.357 e. The van der Waals surface area contributed by atoms with Gasteiger partial charge >= 0.3 is 0 Å². The molecule has 0 N–H and O–H groups in total. The lowest BCUT2D eigenvalue weighted by Gasteiger charge is -2.38. The van der Waals surface area contributed by atoms with Gasteiger partial charge in [-0.3, -0.25) is 34.3 Å². The molecule has 0 aliphatic carbocycles. The lowest BCUT2D eigenvalue weighted by molar-refractivity contribution is -0.139. The van der Waals surface area contributed by atoms with Crippen LogP contribution in [0.2, 0.25) is 0 Å². The molecule has 380 valence electrons. The van der Waals surface area contributed by atoms with E-state index in [1.54, 1.807) is 0 Å². The van der Waals surface area contributed by atoms with Gasteiger partial charge in [-0.25, -0.2) is 9.97 Å².